The van der Waals surface area contributed by atoms with Crippen LogP contribution in [0.15, 0.2) is 60.0 Å². The molecule has 2 aromatic carbocycles. The number of hydrogen-bond donors (Lipinski definition) is 0. The van der Waals surface area contributed by atoms with E-state index in [4.69, 9.17) is 4.74 Å². The van der Waals surface area contributed by atoms with Crippen LogP contribution < -0.4 is 4.74 Å². The highest BCUT2D eigenvalue weighted by Gasteiger charge is 2.13. The van der Waals surface area contributed by atoms with Crippen molar-refractivity contribution in [2.75, 3.05) is 0 Å². The van der Waals surface area contributed by atoms with E-state index in [0.29, 0.717) is 11.3 Å². The first kappa shape index (κ1) is 11.0. The van der Waals surface area contributed by atoms with Crippen LogP contribution in [0.3, 0.4) is 0 Å². The Morgan fingerprint density at radius 3 is 2.50 bits per heavy atom. The van der Waals surface area contributed by atoms with E-state index >= 15 is 0 Å². The van der Waals surface area contributed by atoms with E-state index in [0.717, 1.165) is 10.1 Å². The number of carbonyl (C=O) groups is 1. The molecule has 0 unspecified atom stereocenters. The van der Waals surface area contributed by atoms with E-state index in [1.807, 2.05) is 47.8 Å². The normalized spacial score (nSPS) is 10.4. The first-order valence-corrected chi connectivity index (χ1v) is 6.46. The molecular weight excluding hydrogens is 244 g/mol. The first-order valence-electron chi connectivity index (χ1n) is 5.58. The van der Waals surface area contributed by atoms with Gasteiger partial charge < -0.3 is 4.74 Å². The van der Waals surface area contributed by atoms with E-state index in [1.165, 1.54) is 0 Å². The molecule has 0 amide bonds. The Labute approximate surface area is 108 Å². The molecule has 0 bridgehead atoms. The third kappa shape index (κ3) is 2.00. The molecule has 0 atom stereocenters. The van der Waals surface area contributed by atoms with Crippen molar-refractivity contribution in [3.8, 4) is 5.75 Å². The van der Waals surface area contributed by atoms with Crippen molar-refractivity contribution in [3.63, 3.8) is 0 Å². The third-order valence-electron chi connectivity index (χ3n) is 2.65. The Morgan fingerprint density at radius 2 is 1.67 bits per heavy atom. The predicted molar refractivity (Wildman–Crippen MR) is 73.2 cm³/mol. The molecule has 0 aliphatic rings. The average Bonchev–Trinajstić information content (AvgIpc) is 2.84. The van der Waals surface area contributed by atoms with Crippen LogP contribution in [0.1, 0.15) is 10.4 Å². The van der Waals surface area contributed by atoms with Gasteiger partial charge in [-0.3, -0.25) is 0 Å². The van der Waals surface area contributed by atoms with Gasteiger partial charge in [0.05, 0.1) is 5.56 Å². The van der Waals surface area contributed by atoms with Gasteiger partial charge in [0.2, 0.25) is 0 Å². The van der Waals surface area contributed by atoms with Crippen LogP contribution in [0.4, 0.5) is 0 Å². The average molecular weight is 254 g/mol. The topological polar surface area (TPSA) is 26.3 Å². The monoisotopic (exact) mass is 254 g/mol. The van der Waals surface area contributed by atoms with Gasteiger partial charge in [0.15, 0.2) is 0 Å². The smallest absolute Gasteiger partial charge is 0.345 e. The third-order valence-corrected chi connectivity index (χ3v) is 3.62. The van der Waals surface area contributed by atoms with Gasteiger partial charge in [0.25, 0.3) is 0 Å². The Hall–Kier alpha value is -2.13. The number of hydrogen-bond acceptors (Lipinski definition) is 3. The molecule has 18 heavy (non-hydrogen) atoms. The van der Waals surface area contributed by atoms with E-state index in [9.17, 15) is 4.79 Å². The zero-order chi connectivity index (χ0) is 12.4. The number of benzene rings is 2. The summed E-state index contributed by atoms with van der Waals surface area (Å²) in [6, 6.07) is 16.9. The number of fused-ring (bicyclic) bond motifs is 1. The first-order chi connectivity index (χ1) is 8.84. The van der Waals surface area contributed by atoms with E-state index in [2.05, 4.69) is 0 Å². The van der Waals surface area contributed by atoms with Gasteiger partial charge in [-0.05, 0) is 18.2 Å². The number of thiophene rings is 1. The summed E-state index contributed by atoms with van der Waals surface area (Å²) in [7, 11) is 0. The Kier molecular flexibility index (Phi) is 2.82. The second kappa shape index (κ2) is 4.63. The molecule has 1 aromatic heterocycles. The molecule has 3 aromatic rings. The fourth-order valence-electron chi connectivity index (χ4n) is 1.79. The molecule has 0 aliphatic carbocycles. The lowest BCUT2D eigenvalue weighted by Gasteiger charge is -2.02. The van der Waals surface area contributed by atoms with Gasteiger partial charge in [-0.25, -0.2) is 4.79 Å². The number of esters is 1. The zero-order valence-corrected chi connectivity index (χ0v) is 10.3. The maximum absolute atomic E-state index is 12.1. The van der Waals surface area contributed by atoms with Crippen LogP contribution >= 0.6 is 11.3 Å². The molecule has 0 radical (unpaired) electrons. The van der Waals surface area contributed by atoms with Crippen LogP contribution in [0.25, 0.3) is 10.1 Å². The van der Waals surface area contributed by atoms with E-state index in [1.54, 1.807) is 23.5 Å². The Bertz CT molecular complexity index is 686. The van der Waals surface area contributed by atoms with Crippen LogP contribution in [0.2, 0.25) is 0 Å². The van der Waals surface area contributed by atoms with Gasteiger partial charge in [-0.2, -0.15) is 0 Å². The summed E-state index contributed by atoms with van der Waals surface area (Å²) in [6.45, 7) is 0. The van der Waals surface area contributed by atoms with Gasteiger partial charge in [-0.15, -0.1) is 11.3 Å². The maximum Gasteiger partial charge on any atom is 0.345 e. The van der Waals surface area contributed by atoms with Crippen molar-refractivity contribution in [1.82, 2.24) is 0 Å². The quantitative estimate of drug-likeness (QED) is 0.508. The van der Waals surface area contributed by atoms with E-state index < -0.39 is 0 Å². The standard InChI is InChI=1S/C15H10O2S/c16-15(17-11-6-2-1-3-7-11)13-10-18-14-9-5-4-8-12(13)14/h1-10H. The Balaban J connectivity index is 1.93. The lowest BCUT2D eigenvalue weighted by Crippen LogP contribution is -2.07. The SMILES string of the molecule is O=C(Oc1ccccc1)c1csc2ccccc12. The van der Waals surface area contributed by atoms with Crippen molar-refractivity contribution in [3.05, 3.63) is 65.5 Å². The second-order valence-corrected chi connectivity index (χ2v) is 4.76. The fraction of sp³-hybridized carbons (Fsp3) is 0. The molecular formula is C15H10O2S. The molecule has 0 aliphatic heterocycles. The number of para-hydroxylation sites is 1. The predicted octanol–water partition coefficient (Wildman–Crippen LogP) is 4.12. The summed E-state index contributed by atoms with van der Waals surface area (Å²) in [4.78, 5) is 12.1. The summed E-state index contributed by atoms with van der Waals surface area (Å²) in [6.07, 6.45) is 0. The van der Waals surface area contributed by atoms with E-state index in [-0.39, 0.29) is 5.97 Å². The fourth-order valence-corrected chi connectivity index (χ4v) is 2.72. The van der Waals surface area contributed by atoms with Crippen LogP contribution in [-0.2, 0) is 0 Å². The lowest BCUT2D eigenvalue weighted by molar-refractivity contribution is 0.0737. The van der Waals surface area contributed by atoms with Crippen LogP contribution in [-0.4, -0.2) is 5.97 Å². The van der Waals surface area contributed by atoms with Gasteiger partial charge in [-0.1, -0.05) is 36.4 Å². The minimum atomic E-state index is -0.307. The summed E-state index contributed by atoms with van der Waals surface area (Å²) in [5, 5.41) is 2.79. The molecule has 0 saturated heterocycles. The molecule has 0 fully saturated rings. The van der Waals surface area contributed by atoms with Crippen molar-refractivity contribution >= 4 is 27.4 Å². The Morgan fingerprint density at radius 1 is 0.944 bits per heavy atom. The molecule has 2 nitrogen and oxygen atoms in total. The van der Waals surface area contributed by atoms with Crippen molar-refractivity contribution < 1.29 is 9.53 Å². The number of rotatable bonds is 2. The summed E-state index contributed by atoms with van der Waals surface area (Å²) in [5.74, 6) is 0.261. The van der Waals surface area contributed by atoms with Crippen molar-refractivity contribution in [2.24, 2.45) is 0 Å². The summed E-state index contributed by atoms with van der Waals surface area (Å²) < 4.78 is 6.43. The molecule has 0 N–H and O–H groups in total. The number of ether oxygens (including phenoxy) is 1. The van der Waals surface area contributed by atoms with Crippen LogP contribution in [0.5, 0.6) is 5.75 Å². The van der Waals surface area contributed by atoms with Gasteiger partial charge >= 0.3 is 5.97 Å². The molecule has 3 rings (SSSR count). The van der Waals surface area contributed by atoms with Gasteiger partial charge in [0, 0.05) is 15.5 Å². The van der Waals surface area contributed by atoms with Gasteiger partial charge in [0.1, 0.15) is 5.75 Å². The highest BCUT2D eigenvalue weighted by Crippen LogP contribution is 2.26. The highest BCUT2D eigenvalue weighted by molar-refractivity contribution is 7.17. The maximum atomic E-state index is 12.1. The summed E-state index contributed by atoms with van der Waals surface area (Å²) in [5.41, 5.74) is 0.624. The van der Waals surface area contributed by atoms with Crippen molar-refractivity contribution in [1.29, 1.82) is 0 Å². The zero-order valence-electron chi connectivity index (χ0n) is 9.50. The van der Waals surface area contributed by atoms with Crippen LogP contribution in [0, 0.1) is 0 Å². The summed E-state index contributed by atoms with van der Waals surface area (Å²) >= 11 is 1.55. The van der Waals surface area contributed by atoms with Crippen molar-refractivity contribution in [2.45, 2.75) is 0 Å². The molecule has 88 valence electrons. The largest absolute Gasteiger partial charge is 0.423 e. The molecule has 1 heterocycles. The number of carbonyl (C=O) groups excluding carboxylic acids is 1. The minimum absolute atomic E-state index is 0.307. The molecule has 0 spiro atoms. The molecule has 0 saturated carbocycles. The lowest BCUT2D eigenvalue weighted by atomic mass is 10.2. The molecule has 3 heteroatoms. The second-order valence-electron chi connectivity index (χ2n) is 3.85. The highest BCUT2D eigenvalue weighted by atomic mass is 32.1. The minimum Gasteiger partial charge on any atom is -0.423 e.